The van der Waals surface area contributed by atoms with Crippen LogP contribution in [-0.2, 0) is 10.0 Å². The molecule has 37 heavy (non-hydrogen) atoms. The Labute approximate surface area is 224 Å². The molecule has 7 nitrogen and oxygen atoms in total. The molecule has 1 amide bonds. The highest BCUT2D eigenvalue weighted by Gasteiger charge is 2.25. The van der Waals surface area contributed by atoms with Crippen LogP contribution in [0.5, 0.6) is 0 Å². The predicted octanol–water partition coefficient (Wildman–Crippen LogP) is 5.62. The summed E-state index contributed by atoms with van der Waals surface area (Å²) in [6.45, 7) is 6.26. The minimum atomic E-state index is -3.65. The van der Waals surface area contributed by atoms with Crippen molar-refractivity contribution in [3.63, 3.8) is 0 Å². The number of aromatic nitrogens is 1. The van der Waals surface area contributed by atoms with Gasteiger partial charge >= 0.3 is 0 Å². The molecule has 0 aliphatic carbocycles. The van der Waals surface area contributed by atoms with Crippen LogP contribution in [0, 0.1) is 5.82 Å². The summed E-state index contributed by atoms with van der Waals surface area (Å²) < 4.78 is 42.5. The number of anilines is 1. The molecule has 3 rings (SSSR count). The zero-order valence-electron chi connectivity index (χ0n) is 22.1. The van der Waals surface area contributed by atoms with E-state index >= 15 is 0 Å². The summed E-state index contributed by atoms with van der Waals surface area (Å²) in [5, 5.41) is 0.492. The minimum absolute atomic E-state index is 0.186. The van der Waals surface area contributed by atoms with E-state index in [9.17, 15) is 17.6 Å². The summed E-state index contributed by atoms with van der Waals surface area (Å²) in [5.41, 5.74) is 1.01. The van der Waals surface area contributed by atoms with E-state index in [0.717, 1.165) is 38.6 Å². The van der Waals surface area contributed by atoms with E-state index in [1.165, 1.54) is 35.6 Å². The van der Waals surface area contributed by atoms with Crippen molar-refractivity contribution in [1.29, 1.82) is 0 Å². The predicted molar refractivity (Wildman–Crippen MR) is 149 cm³/mol. The van der Waals surface area contributed by atoms with Crippen LogP contribution >= 0.6 is 11.3 Å². The first-order chi connectivity index (χ1) is 17.7. The summed E-state index contributed by atoms with van der Waals surface area (Å²) in [7, 11) is 0.288. The molecular formula is C27H37FN4O3S2. The van der Waals surface area contributed by atoms with Crippen molar-refractivity contribution in [2.75, 3.05) is 45.2 Å². The lowest BCUT2D eigenvalue weighted by atomic mass is 10.2. The van der Waals surface area contributed by atoms with E-state index in [0.29, 0.717) is 40.5 Å². The fraction of sp³-hybridized carbons (Fsp3) is 0.481. The Morgan fingerprint density at radius 3 is 2.16 bits per heavy atom. The Bertz CT molecular complexity index is 1270. The van der Waals surface area contributed by atoms with Crippen LogP contribution < -0.4 is 4.90 Å². The molecule has 0 saturated carbocycles. The number of amides is 1. The van der Waals surface area contributed by atoms with Gasteiger partial charge in [-0.15, -0.1) is 0 Å². The van der Waals surface area contributed by atoms with E-state index < -0.39 is 10.0 Å². The molecule has 0 bridgehead atoms. The number of hydrogen-bond acceptors (Lipinski definition) is 6. The van der Waals surface area contributed by atoms with Gasteiger partial charge in [-0.2, -0.15) is 4.31 Å². The molecule has 0 spiro atoms. The van der Waals surface area contributed by atoms with Gasteiger partial charge in [-0.05, 0) is 82.4 Å². The van der Waals surface area contributed by atoms with Gasteiger partial charge < -0.3 is 4.90 Å². The maximum Gasteiger partial charge on any atom is 0.260 e. The molecule has 3 aromatic rings. The first-order valence-corrected chi connectivity index (χ1v) is 15.1. The first-order valence-electron chi connectivity index (χ1n) is 12.8. The number of thiazole rings is 1. The van der Waals surface area contributed by atoms with Crippen molar-refractivity contribution < 1.29 is 17.6 Å². The molecule has 10 heteroatoms. The number of benzene rings is 2. The maximum atomic E-state index is 13.7. The maximum absolute atomic E-state index is 13.7. The zero-order valence-corrected chi connectivity index (χ0v) is 23.7. The van der Waals surface area contributed by atoms with Gasteiger partial charge in [0.2, 0.25) is 10.0 Å². The molecule has 0 unspecified atom stereocenters. The third kappa shape index (κ3) is 7.56. The second-order valence-corrected chi connectivity index (χ2v) is 12.3. The van der Waals surface area contributed by atoms with Gasteiger partial charge in [-0.3, -0.25) is 9.69 Å². The van der Waals surface area contributed by atoms with Gasteiger partial charge in [0.1, 0.15) is 5.82 Å². The number of sulfonamides is 1. The average molecular weight is 549 g/mol. The van der Waals surface area contributed by atoms with E-state index in [1.54, 1.807) is 27.4 Å². The van der Waals surface area contributed by atoms with Crippen LogP contribution in [0.1, 0.15) is 56.3 Å². The van der Waals surface area contributed by atoms with Crippen LogP contribution in [0.25, 0.3) is 10.2 Å². The number of halogens is 1. The third-order valence-corrected chi connectivity index (χ3v) is 9.02. The lowest BCUT2D eigenvalue weighted by molar-refractivity contribution is 0.0986. The molecule has 0 N–H and O–H groups in total. The summed E-state index contributed by atoms with van der Waals surface area (Å²) in [6.07, 6.45) is 4.14. The van der Waals surface area contributed by atoms with Crippen molar-refractivity contribution in [3.05, 3.63) is 53.8 Å². The summed E-state index contributed by atoms with van der Waals surface area (Å²) >= 11 is 1.27. The smallest absolute Gasteiger partial charge is 0.260 e. The minimum Gasteiger partial charge on any atom is -0.309 e. The Hall–Kier alpha value is -2.40. The van der Waals surface area contributed by atoms with Crippen molar-refractivity contribution in [2.45, 2.75) is 50.8 Å². The van der Waals surface area contributed by atoms with Gasteiger partial charge in [0.25, 0.3) is 5.91 Å². The molecule has 0 aliphatic rings. The second-order valence-electron chi connectivity index (χ2n) is 9.36. The van der Waals surface area contributed by atoms with E-state index in [2.05, 4.69) is 4.98 Å². The highest BCUT2D eigenvalue weighted by molar-refractivity contribution is 7.89. The molecular weight excluding hydrogens is 511 g/mol. The fourth-order valence-corrected chi connectivity index (χ4v) is 6.46. The van der Waals surface area contributed by atoms with Crippen LogP contribution in [0.15, 0.2) is 47.4 Å². The number of carbonyl (C=O) groups is 1. The standard InChI is InChI=1S/C27H37FN4O3S2/c1-5-7-17-31(18-8-6-2)37(34,35)23-13-10-21(11-14-23)26(33)32(19-9-16-30(3)4)27-29-24-15-12-22(28)20-25(24)36-27/h10-15,20H,5-9,16-19H2,1-4H3. The van der Waals surface area contributed by atoms with Crippen molar-refractivity contribution in [3.8, 4) is 0 Å². The van der Waals surface area contributed by atoms with Crippen LogP contribution in [-0.4, -0.2) is 68.8 Å². The Morgan fingerprint density at radius 2 is 1.57 bits per heavy atom. The number of unbranched alkanes of at least 4 members (excludes halogenated alkanes) is 2. The van der Waals surface area contributed by atoms with Gasteiger partial charge in [0.05, 0.1) is 15.1 Å². The molecule has 0 fully saturated rings. The Kier molecular flexibility index (Phi) is 10.6. The highest BCUT2D eigenvalue weighted by Crippen LogP contribution is 2.31. The number of hydrogen-bond donors (Lipinski definition) is 0. The second kappa shape index (κ2) is 13.4. The molecule has 202 valence electrons. The molecule has 2 aromatic carbocycles. The van der Waals surface area contributed by atoms with E-state index in [4.69, 9.17) is 0 Å². The topological polar surface area (TPSA) is 73.8 Å². The quantitative estimate of drug-likeness (QED) is 0.261. The average Bonchev–Trinajstić information content (AvgIpc) is 3.29. The van der Waals surface area contributed by atoms with Crippen LogP contribution in [0.4, 0.5) is 9.52 Å². The van der Waals surface area contributed by atoms with Crippen molar-refractivity contribution in [2.24, 2.45) is 0 Å². The third-order valence-electron chi connectivity index (χ3n) is 6.06. The summed E-state index contributed by atoms with van der Waals surface area (Å²) in [5.74, 6) is -0.618. The monoisotopic (exact) mass is 548 g/mol. The Balaban J connectivity index is 1.88. The zero-order chi connectivity index (χ0) is 27.0. The van der Waals surface area contributed by atoms with Crippen LogP contribution in [0.2, 0.25) is 0 Å². The van der Waals surface area contributed by atoms with Crippen molar-refractivity contribution in [1.82, 2.24) is 14.2 Å². The molecule has 0 aliphatic heterocycles. The number of rotatable bonds is 14. The largest absolute Gasteiger partial charge is 0.309 e. The summed E-state index contributed by atoms with van der Waals surface area (Å²) in [4.78, 5) is 22.0. The number of carbonyl (C=O) groups excluding carboxylic acids is 1. The van der Waals surface area contributed by atoms with Crippen LogP contribution in [0.3, 0.4) is 0 Å². The summed E-state index contributed by atoms with van der Waals surface area (Å²) in [6, 6.07) is 10.5. The first kappa shape index (κ1) is 29.2. The number of nitrogens with zero attached hydrogens (tertiary/aromatic N) is 4. The highest BCUT2D eigenvalue weighted by atomic mass is 32.2. The van der Waals surface area contributed by atoms with Gasteiger partial charge in [-0.1, -0.05) is 38.0 Å². The van der Waals surface area contributed by atoms with Gasteiger partial charge in [0.15, 0.2) is 5.13 Å². The van der Waals surface area contributed by atoms with E-state index in [-0.39, 0.29) is 16.6 Å². The molecule has 1 aromatic heterocycles. The normalized spacial score (nSPS) is 12.1. The Morgan fingerprint density at radius 1 is 0.919 bits per heavy atom. The van der Waals surface area contributed by atoms with Crippen molar-refractivity contribution >= 4 is 42.6 Å². The SMILES string of the molecule is CCCCN(CCCC)S(=O)(=O)c1ccc(C(=O)N(CCCN(C)C)c2nc3ccc(F)cc3s2)cc1. The lowest BCUT2D eigenvalue weighted by Gasteiger charge is -2.23. The molecule has 0 atom stereocenters. The molecule has 0 radical (unpaired) electrons. The fourth-order valence-electron chi connectivity index (χ4n) is 3.93. The van der Waals surface area contributed by atoms with E-state index in [1.807, 2.05) is 32.8 Å². The number of fused-ring (bicyclic) bond motifs is 1. The molecule has 0 saturated heterocycles. The van der Waals surface area contributed by atoms with Gasteiger partial charge in [0, 0.05) is 25.2 Å². The molecule has 1 heterocycles. The van der Waals surface area contributed by atoms with Gasteiger partial charge in [-0.25, -0.2) is 17.8 Å². The lowest BCUT2D eigenvalue weighted by Crippen LogP contribution is -2.34.